The summed E-state index contributed by atoms with van der Waals surface area (Å²) in [6, 6.07) is 0. The molecule has 0 N–H and O–H groups in total. The first-order chi connectivity index (χ1) is 4.62. The standard InChI is InChI=1S/C5H9BO3S/c1-2-4-9-10(7,8)5-3-6/h1H,3-6H2. The van der Waals surface area contributed by atoms with Crippen LogP contribution in [0.2, 0.25) is 6.32 Å². The van der Waals surface area contributed by atoms with E-state index in [2.05, 4.69) is 10.1 Å². The molecule has 56 valence electrons. The Labute approximate surface area is 62.3 Å². The van der Waals surface area contributed by atoms with Crippen LogP contribution in [-0.2, 0) is 14.3 Å². The van der Waals surface area contributed by atoms with E-state index in [4.69, 9.17) is 6.42 Å². The second-order valence-corrected chi connectivity index (χ2v) is 3.49. The van der Waals surface area contributed by atoms with E-state index in [-0.39, 0.29) is 12.4 Å². The van der Waals surface area contributed by atoms with Crippen molar-refractivity contribution in [2.75, 3.05) is 12.4 Å². The molecular formula is C5H9BO3S. The van der Waals surface area contributed by atoms with Gasteiger partial charge < -0.3 is 0 Å². The molecule has 0 bridgehead atoms. The Balaban J connectivity index is 3.80. The molecule has 3 nitrogen and oxygen atoms in total. The lowest BCUT2D eigenvalue weighted by Crippen LogP contribution is -2.10. The van der Waals surface area contributed by atoms with Crippen molar-refractivity contribution in [2.45, 2.75) is 6.32 Å². The van der Waals surface area contributed by atoms with Gasteiger partial charge in [0.2, 0.25) is 0 Å². The van der Waals surface area contributed by atoms with Gasteiger partial charge in [-0.15, -0.1) is 6.42 Å². The highest BCUT2D eigenvalue weighted by molar-refractivity contribution is 7.86. The Bertz CT molecular complexity index is 214. The maximum Gasteiger partial charge on any atom is 0.267 e. The summed E-state index contributed by atoms with van der Waals surface area (Å²) in [4.78, 5) is 0. The molecule has 0 spiro atoms. The largest absolute Gasteiger partial charge is 0.267 e. The van der Waals surface area contributed by atoms with Gasteiger partial charge in [0.25, 0.3) is 10.1 Å². The van der Waals surface area contributed by atoms with Gasteiger partial charge in [-0.2, -0.15) is 8.42 Å². The van der Waals surface area contributed by atoms with Gasteiger partial charge in [0, 0.05) is 0 Å². The van der Waals surface area contributed by atoms with Crippen molar-refractivity contribution in [3.63, 3.8) is 0 Å². The van der Waals surface area contributed by atoms with Gasteiger partial charge in [-0.3, -0.25) is 4.18 Å². The quantitative estimate of drug-likeness (QED) is 0.301. The first kappa shape index (κ1) is 9.53. The van der Waals surface area contributed by atoms with Crippen molar-refractivity contribution in [3.8, 4) is 12.3 Å². The van der Waals surface area contributed by atoms with E-state index in [9.17, 15) is 8.42 Å². The molecule has 0 aromatic rings. The molecule has 5 heteroatoms. The summed E-state index contributed by atoms with van der Waals surface area (Å²) >= 11 is 0. The summed E-state index contributed by atoms with van der Waals surface area (Å²) < 4.78 is 25.7. The van der Waals surface area contributed by atoms with Gasteiger partial charge in [0.15, 0.2) is 0 Å². The summed E-state index contributed by atoms with van der Waals surface area (Å²) in [6.07, 6.45) is 5.34. The molecule has 0 unspecified atom stereocenters. The molecule has 0 radical (unpaired) electrons. The highest BCUT2D eigenvalue weighted by Gasteiger charge is 2.06. The lowest BCUT2D eigenvalue weighted by molar-refractivity contribution is 0.364. The van der Waals surface area contributed by atoms with Crippen molar-refractivity contribution in [2.24, 2.45) is 0 Å². The van der Waals surface area contributed by atoms with Gasteiger partial charge in [-0.1, -0.05) is 12.2 Å². The summed E-state index contributed by atoms with van der Waals surface area (Å²) in [5.74, 6) is 2.12. The molecule has 0 aromatic heterocycles. The zero-order chi connectivity index (χ0) is 8.04. The lowest BCUT2D eigenvalue weighted by Gasteiger charge is -1.98. The molecule has 0 saturated carbocycles. The van der Waals surface area contributed by atoms with Crippen molar-refractivity contribution in [1.82, 2.24) is 0 Å². The number of terminal acetylenes is 1. The smallest absolute Gasteiger partial charge is 0.257 e. The van der Waals surface area contributed by atoms with Crippen LogP contribution in [0.25, 0.3) is 0 Å². The summed E-state index contributed by atoms with van der Waals surface area (Å²) in [5, 5.41) is 0. The van der Waals surface area contributed by atoms with Crippen molar-refractivity contribution in [1.29, 1.82) is 0 Å². The molecule has 0 fully saturated rings. The third kappa shape index (κ3) is 4.42. The minimum Gasteiger partial charge on any atom is -0.257 e. The predicted molar refractivity (Wildman–Crippen MR) is 41.9 cm³/mol. The van der Waals surface area contributed by atoms with Crippen LogP contribution in [0, 0.1) is 12.3 Å². The third-order valence-electron chi connectivity index (χ3n) is 0.776. The van der Waals surface area contributed by atoms with Gasteiger partial charge in [0.1, 0.15) is 14.5 Å². The first-order valence-corrected chi connectivity index (χ1v) is 4.50. The van der Waals surface area contributed by atoms with Crippen molar-refractivity contribution >= 4 is 18.0 Å². The molecule has 0 aliphatic heterocycles. The van der Waals surface area contributed by atoms with E-state index in [1.165, 1.54) is 0 Å². The SMILES string of the molecule is BCCS(=O)(=O)OCC#C. The van der Waals surface area contributed by atoms with Crippen LogP contribution in [0.1, 0.15) is 0 Å². The van der Waals surface area contributed by atoms with Gasteiger partial charge in [0.05, 0.1) is 5.75 Å². The zero-order valence-electron chi connectivity index (χ0n) is 5.83. The monoisotopic (exact) mass is 160 g/mol. The van der Waals surface area contributed by atoms with Crippen molar-refractivity contribution in [3.05, 3.63) is 0 Å². The fraction of sp³-hybridized carbons (Fsp3) is 0.600. The van der Waals surface area contributed by atoms with Gasteiger partial charge in [-0.05, 0) is 0 Å². The number of rotatable bonds is 4. The Hall–Kier alpha value is -0.465. The lowest BCUT2D eigenvalue weighted by atomic mass is 10.1. The molecule has 0 aliphatic carbocycles. The number of hydrogen-bond donors (Lipinski definition) is 0. The van der Waals surface area contributed by atoms with Gasteiger partial charge in [-0.25, -0.2) is 0 Å². The van der Waals surface area contributed by atoms with E-state index in [0.29, 0.717) is 6.32 Å². The molecule has 0 heterocycles. The zero-order valence-corrected chi connectivity index (χ0v) is 6.65. The second-order valence-electron chi connectivity index (χ2n) is 1.73. The van der Waals surface area contributed by atoms with Crippen LogP contribution in [0.3, 0.4) is 0 Å². The Morgan fingerprint density at radius 2 is 2.20 bits per heavy atom. The highest BCUT2D eigenvalue weighted by Crippen LogP contribution is 1.93. The Morgan fingerprint density at radius 3 is 2.60 bits per heavy atom. The maximum absolute atomic E-state index is 10.7. The average molecular weight is 160 g/mol. The molecule has 0 saturated heterocycles. The van der Waals surface area contributed by atoms with Crippen LogP contribution < -0.4 is 0 Å². The van der Waals surface area contributed by atoms with Crippen LogP contribution >= 0.6 is 0 Å². The van der Waals surface area contributed by atoms with E-state index < -0.39 is 10.1 Å². The molecule has 0 rings (SSSR count). The summed E-state index contributed by atoms with van der Waals surface area (Å²) in [5.41, 5.74) is 0. The van der Waals surface area contributed by atoms with Crippen LogP contribution in [0.15, 0.2) is 0 Å². The molecule has 0 atom stereocenters. The molecule has 0 aromatic carbocycles. The predicted octanol–water partition coefficient (Wildman–Crippen LogP) is -0.983. The molecular weight excluding hydrogens is 151 g/mol. The minimum absolute atomic E-state index is 0.0364. The Kier molecular flexibility index (Phi) is 4.16. The van der Waals surface area contributed by atoms with E-state index in [1.807, 2.05) is 0 Å². The number of hydrogen-bond acceptors (Lipinski definition) is 3. The molecule has 0 amide bonds. The fourth-order valence-corrected chi connectivity index (χ4v) is 1.30. The highest BCUT2D eigenvalue weighted by atomic mass is 32.2. The van der Waals surface area contributed by atoms with E-state index in [1.54, 1.807) is 7.85 Å². The normalized spacial score (nSPS) is 10.7. The summed E-state index contributed by atoms with van der Waals surface area (Å²) in [7, 11) is -1.58. The van der Waals surface area contributed by atoms with E-state index >= 15 is 0 Å². The fourth-order valence-electron chi connectivity index (χ4n) is 0.433. The third-order valence-corrected chi connectivity index (χ3v) is 2.16. The van der Waals surface area contributed by atoms with Gasteiger partial charge >= 0.3 is 0 Å². The van der Waals surface area contributed by atoms with Crippen molar-refractivity contribution < 1.29 is 12.6 Å². The van der Waals surface area contributed by atoms with E-state index in [0.717, 1.165) is 0 Å². The Morgan fingerprint density at radius 1 is 1.60 bits per heavy atom. The molecule has 0 aliphatic rings. The molecule has 10 heavy (non-hydrogen) atoms. The minimum atomic E-state index is -3.34. The van der Waals surface area contributed by atoms with Crippen LogP contribution in [0.4, 0.5) is 0 Å². The van der Waals surface area contributed by atoms with Crippen LogP contribution in [0.5, 0.6) is 0 Å². The topological polar surface area (TPSA) is 43.4 Å². The van der Waals surface area contributed by atoms with Crippen LogP contribution in [-0.4, -0.2) is 28.6 Å². The first-order valence-electron chi connectivity index (χ1n) is 2.93. The average Bonchev–Trinajstić information content (AvgIpc) is 1.84. The summed E-state index contributed by atoms with van der Waals surface area (Å²) in [6.45, 7) is -0.164. The maximum atomic E-state index is 10.7. The second kappa shape index (κ2) is 4.37.